The quantitative estimate of drug-likeness (QED) is 0.798. The molecule has 2 fully saturated rings. The number of nitrogens with zero attached hydrogens (tertiary/aromatic N) is 4. The van der Waals surface area contributed by atoms with Gasteiger partial charge in [0.25, 0.3) is 0 Å². The number of aromatic nitrogens is 2. The Morgan fingerprint density at radius 2 is 2.08 bits per heavy atom. The minimum atomic E-state index is 0.00780. The summed E-state index contributed by atoms with van der Waals surface area (Å²) in [5, 5.41) is 0. The van der Waals surface area contributed by atoms with Gasteiger partial charge < -0.3 is 9.64 Å². The van der Waals surface area contributed by atoms with Crippen LogP contribution in [0, 0.1) is 12.8 Å². The molecule has 0 spiro atoms. The van der Waals surface area contributed by atoms with Gasteiger partial charge in [-0.3, -0.25) is 14.5 Å². The average molecular weight is 344 g/mol. The minimum absolute atomic E-state index is 0.00780. The van der Waals surface area contributed by atoms with E-state index in [1.54, 1.807) is 0 Å². The minimum Gasteiger partial charge on any atom is -0.375 e. The Bertz CT molecular complexity index is 717. The number of carbonyl (C=O) groups is 2. The van der Waals surface area contributed by atoms with Crippen molar-refractivity contribution in [1.82, 2.24) is 14.9 Å². The number of hydrogen-bond donors (Lipinski definition) is 0. The number of hydrogen-bond acceptors (Lipinski definition) is 5. The first-order chi connectivity index (χ1) is 12.1. The molecule has 1 aromatic heterocycles. The largest absolute Gasteiger partial charge is 0.375 e. The molecule has 7 nitrogen and oxygen atoms in total. The van der Waals surface area contributed by atoms with E-state index in [4.69, 9.17) is 9.72 Å². The van der Waals surface area contributed by atoms with Crippen molar-refractivity contribution in [2.75, 3.05) is 38.3 Å². The number of ether oxygens (including phenoxy) is 1. The van der Waals surface area contributed by atoms with Crippen LogP contribution in [0.4, 0.5) is 5.82 Å². The average Bonchev–Trinajstić information content (AvgIpc) is 3.15. The van der Waals surface area contributed by atoms with Gasteiger partial charge in [0, 0.05) is 43.9 Å². The molecule has 7 heteroatoms. The van der Waals surface area contributed by atoms with Crippen molar-refractivity contribution < 1.29 is 14.3 Å². The molecule has 1 aromatic rings. The van der Waals surface area contributed by atoms with E-state index in [0.717, 1.165) is 35.9 Å². The Labute approximate surface area is 147 Å². The lowest BCUT2D eigenvalue weighted by molar-refractivity contribution is -0.134. The standard InChI is InChI=1S/C18H24N4O3/c1-11-14-7-15(23)22(8-12-3-4-12)18(14)20-17(19-11)13-5-6-21(9-13)16(24)10-25-2/h12-13H,3-10H2,1-2H3. The molecule has 0 bridgehead atoms. The molecule has 0 radical (unpaired) electrons. The molecule has 2 aliphatic heterocycles. The first-order valence-corrected chi connectivity index (χ1v) is 9.01. The Morgan fingerprint density at radius 3 is 2.80 bits per heavy atom. The van der Waals surface area contributed by atoms with Crippen LogP contribution < -0.4 is 4.90 Å². The molecular formula is C18H24N4O3. The molecule has 1 saturated carbocycles. The van der Waals surface area contributed by atoms with E-state index in [1.807, 2.05) is 16.7 Å². The van der Waals surface area contributed by atoms with Gasteiger partial charge >= 0.3 is 0 Å². The van der Waals surface area contributed by atoms with Crippen LogP contribution in [0.2, 0.25) is 0 Å². The van der Waals surface area contributed by atoms with Crippen molar-refractivity contribution in [2.45, 2.75) is 38.5 Å². The van der Waals surface area contributed by atoms with Crippen molar-refractivity contribution in [3.05, 3.63) is 17.1 Å². The fraction of sp³-hybridized carbons (Fsp3) is 0.667. The number of carbonyl (C=O) groups excluding carboxylic acids is 2. The second kappa shape index (κ2) is 6.37. The molecule has 3 heterocycles. The highest BCUT2D eigenvalue weighted by molar-refractivity contribution is 6.00. The zero-order chi connectivity index (χ0) is 17.6. The number of likely N-dealkylation sites (tertiary alicyclic amines) is 1. The maximum absolute atomic E-state index is 12.4. The van der Waals surface area contributed by atoms with Gasteiger partial charge in [-0.1, -0.05) is 0 Å². The Balaban J connectivity index is 1.56. The lowest BCUT2D eigenvalue weighted by atomic mass is 10.1. The highest BCUT2D eigenvalue weighted by Gasteiger charge is 2.37. The summed E-state index contributed by atoms with van der Waals surface area (Å²) < 4.78 is 4.94. The van der Waals surface area contributed by atoms with Crippen LogP contribution in [0.5, 0.6) is 0 Å². The Morgan fingerprint density at radius 1 is 1.28 bits per heavy atom. The summed E-state index contributed by atoms with van der Waals surface area (Å²) in [7, 11) is 1.53. The number of anilines is 1. The van der Waals surface area contributed by atoms with E-state index in [0.29, 0.717) is 25.4 Å². The summed E-state index contributed by atoms with van der Waals surface area (Å²) in [5.74, 6) is 2.47. The van der Waals surface area contributed by atoms with Gasteiger partial charge in [0.15, 0.2) is 0 Å². The lowest BCUT2D eigenvalue weighted by Gasteiger charge is -2.19. The van der Waals surface area contributed by atoms with Crippen LogP contribution >= 0.6 is 0 Å². The summed E-state index contributed by atoms with van der Waals surface area (Å²) in [6, 6.07) is 0. The first kappa shape index (κ1) is 16.4. The number of aryl methyl sites for hydroxylation is 1. The smallest absolute Gasteiger partial charge is 0.248 e. The number of methoxy groups -OCH3 is 1. The van der Waals surface area contributed by atoms with Crippen molar-refractivity contribution in [1.29, 1.82) is 0 Å². The Kier molecular flexibility index (Phi) is 4.19. The van der Waals surface area contributed by atoms with Gasteiger partial charge in [-0.2, -0.15) is 0 Å². The molecule has 2 amide bonds. The van der Waals surface area contributed by atoms with E-state index in [-0.39, 0.29) is 24.3 Å². The summed E-state index contributed by atoms with van der Waals surface area (Å²) >= 11 is 0. The zero-order valence-electron chi connectivity index (χ0n) is 14.8. The molecule has 0 N–H and O–H groups in total. The highest BCUT2D eigenvalue weighted by Crippen LogP contribution is 2.37. The first-order valence-electron chi connectivity index (χ1n) is 9.01. The van der Waals surface area contributed by atoms with Gasteiger partial charge in [0.2, 0.25) is 11.8 Å². The molecule has 1 atom stereocenters. The fourth-order valence-corrected chi connectivity index (χ4v) is 3.74. The highest BCUT2D eigenvalue weighted by atomic mass is 16.5. The third-order valence-corrected chi connectivity index (χ3v) is 5.41. The van der Waals surface area contributed by atoms with Gasteiger partial charge in [-0.05, 0) is 32.1 Å². The van der Waals surface area contributed by atoms with Gasteiger partial charge in [0.05, 0.1) is 6.42 Å². The van der Waals surface area contributed by atoms with Crippen LogP contribution in [0.1, 0.15) is 42.3 Å². The molecule has 4 rings (SSSR count). The van der Waals surface area contributed by atoms with E-state index in [2.05, 4.69) is 4.98 Å². The zero-order valence-corrected chi connectivity index (χ0v) is 14.8. The van der Waals surface area contributed by atoms with Crippen LogP contribution in [-0.2, 0) is 20.7 Å². The predicted molar refractivity (Wildman–Crippen MR) is 91.4 cm³/mol. The van der Waals surface area contributed by atoms with Crippen LogP contribution in [0.25, 0.3) is 0 Å². The fourth-order valence-electron chi connectivity index (χ4n) is 3.74. The number of fused-ring (bicyclic) bond motifs is 1. The predicted octanol–water partition coefficient (Wildman–Crippen LogP) is 1.05. The van der Waals surface area contributed by atoms with Gasteiger partial charge in [-0.25, -0.2) is 9.97 Å². The van der Waals surface area contributed by atoms with Gasteiger partial charge in [-0.15, -0.1) is 0 Å². The summed E-state index contributed by atoms with van der Waals surface area (Å²) in [6.07, 6.45) is 3.67. The van der Waals surface area contributed by atoms with Gasteiger partial charge in [0.1, 0.15) is 18.2 Å². The van der Waals surface area contributed by atoms with E-state index in [9.17, 15) is 9.59 Å². The number of rotatable bonds is 5. The molecular weight excluding hydrogens is 320 g/mol. The second-order valence-corrected chi connectivity index (χ2v) is 7.35. The monoisotopic (exact) mass is 344 g/mol. The number of amides is 2. The van der Waals surface area contributed by atoms with Crippen molar-refractivity contribution >= 4 is 17.6 Å². The topological polar surface area (TPSA) is 75.6 Å². The third-order valence-electron chi connectivity index (χ3n) is 5.41. The van der Waals surface area contributed by atoms with Crippen LogP contribution in [-0.4, -0.2) is 60.0 Å². The molecule has 1 unspecified atom stereocenters. The summed E-state index contributed by atoms with van der Waals surface area (Å²) in [6.45, 7) is 4.18. The maximum Gasteiger partial charge on any atom is 0.248 e. The maximum atomic E-state index is 12.4. The van der Waals surface area contributed by atoms with Crippen LogP contribution in [0.3, 0.4) is 0 Å². The van der Waals surface area contributed by atoms with Crippen molar-refractivity contribution in [3.63, 3.8) is 0 Å². The molecule has 1 aliphatic carbocycles. The Hall–Kier alpha value is -2.02. The molecule has 0 aromatic carbocycles. The van der Waals surface area contributed by atoms with Crippen LogP contribution in [0.15, 0.2) is 0 Å². The van der Waals surface area contributed by atoms with Crippen molar-refractivity contribution in [3.8, 4) is 0 Å². The molecule has 25 heavy (non-hydrogen) atoms. The molecule has 134 valence electrons. The summed E-state index contributed by atoms with van der Waals surface area (Å²) in [4.78, 5) is 37.5. The second-order valence-electron chi connectivity index (χ2n) is 7.35. The van der Waals surface area contributed by atoms with E-state index in [1.165, 1.54) is 20.0 Å². The third kappa shape index (κ3) is 3.13. The molecule has 1 saturated heterocycles. The normalized spacial score (nSPS) is 22.6. The summed E-state index contributed by atoms with van der Waals surface area (Å²) in [5.41, 5.74) is 1.87. The lowest BCUT2D eigenvalue weighted by Crippen LogP contribution is -2.31. The SMILES string of the molecule is COCC(=O)N1CCC(c2nc(C)c3c(n2)N(CC2CC2)C(=O)C3)C1. The van der Waals surface area contributed by atoms with E-state index < -0.39 is 0 Å². The van der Waals surface area contributed by atoms with Crippen molar-refractivity contribution in [2.24, 2.45) is 5.92 Å². The molecule has 3 aliphatic rings. The van der Waals surface area contributed by atoms with E-state index >= 15 is 0 Å².